The van der Waals surface area contributed by atoms with Gasteiger partial charge in [-0.25, -0.2) is 9.13 Å². The van der Waals surface area contributed by atoms with E-state index in [0.717, 1.165) is 22.0 Å². The van der Waals surface area contributed by atoms with Gasteiger partial charge in [0.2, 0.25) is 6.33 Å². The van der Waals surface area contributed by atoms with Crippen molar-refractivity contribution in [3.05, 3.63) is 123 Å². The average molecular weight is 828 g/mol. The Morgan fingerprint density at radius 2 is 0.850 bits per heavy atom. The lowest BCUT2D eigenvalue weighted by Crippen LogP contribution is -2.53. The summed E-state index contributed by atoms with van der Waals surface area (Å²) < 4.78 is 4.24. The molecule has 0 aliphatic heterocycles. The summed E-state index contributed by atoms with van der Waals surface area (Å²) >= 11 is 0. The Bertz CT molecular complexity index is 2030. The number of nitrogens with zero attached hydrogens (tertiary/aromatic N) is 2. The molecule has 0 bridgehead atoms. The molecule has 4 nitrogen and oxygen atoms in total. The van der Waals surface area contributed by atoms with Crippen LogP contribution in [0.25, 0.3) is 22.3 Å². The van der Waals surface area contributed by atoms with Crippen LogP contribution < -0.4 is 19.5 Å². The highest BCUT2D eigenvalue weighted by molar-refractivity contribution is 6.71. The quantitative estimate of drug-likeness (QED) is 0.0949. The van der Waals surface area contributed by atoms with Gasteiger partial charge in [0.05, 0.1) is 23.3 Å². The van der Waals surface area contributed by atoms with E-state index in [1.54, 1.807) is 0 Å². The minimum absolute atomic E-state index is 0.300. The van der Waals surface area contributed by atoms with Gasteiger partial charge in [-0.3, -0.25) is 0 Å². The number of anilines is 1. The molecule has 60 heavy (non-hydrogen) atoms. The fourth-order valence-corrected chi connectivity index (χ4v) is 10.5. The zero-order chi connectivity index (χ0) is 45.1. The predicted molar refractivity (Wildman–Crippen MR) is 263 cm³/mol. The average Bonchev–Trinajstić information content (AvgIpc) is 3.40. The van der Waals surface area contributed by atoms with Crippen molar-refractivity contribution in [2.24, 2.45) is 14.1 Å². The molecule has 1 N–H and O–H groups in total. The molecule has 1 atom stereocenters. The molecule has 0 aliphatic carbocycles. The molecule has 1 heterocycles. The molecule has 0 amide bonds. The lowest BCUT2D eigenvalue weighted by atomic mass is 9.79. The third kappa shape index (κ3) is 10.6. The van der Waals surface area contributed by atoms with Gasteiger partial charge in [-0.1, -0.05) is 171 Å². The van der Waals surface area contributed by atoms with E-state index >= 15 is 4.80 Å². The number of nitrogens with one attached hydrogen (secondary N) is 1. The molecule has 0 spiro atoms. The van der Waals surface area contributed by atoms with Crippen LogP contribution >= 0.6 is 0 Å². The van der Waals surface area contributed by atoms with E-state index in [1.807, 2.05) is 0 Å². The Morgan fingerprint density at radius 3 is 1.10 bits per heavy atom. The molecule has 5 aromatic rings. The van der Waals surface area contributed by atoms with Crippen LogP contribution in [0.3, 0.4) is 0 Å². The smallest absolute Gasteiger partial charge is 0.243 e. The van der Waals surface area contributed by atoms with E-state index in [9.17, 15) is 0 Å². The second-order valence-electron chi connectivity index (χ2n) is 20.0. The molecule has 1 aromatic heterocycles. The molecule has 0 aliphatic rings. The van der Waals surface area contributed by atoms with Crippen molar-refractivity contribution in [2.45, 2.75) is 172 Å². The Labute approximate surface area is 368 Å². The largest absolute Gasteiger partial charge is 0.842 e. The van der Waals surface area contributed by atoms with Gasteiger partial charge in [-0.15, -0.1) is 0 Å². The van der Waals surface area contributed by atoms with E-state index in [4.69, 9.17) is 0 Å². The number of hydrogen-bond donors (Lipinski definition) is 1. The maximum Gasteiger partial charge on any atom is 0.243 e. The molecule has 0 saturated carbocycles. The van der Waals surface area contributed by atoms with Crippen molar-refractivity contribution in [1.29, 1.82) is 0 Å². The first kappa shape index (κ1) is 48.7. The number of para-hydroxylation sites is 1. The highest BCUT2D eigenvalue weighted by Gasteiger charge is 2.27. The van der Waals surface area contributed by atoms with Crippen LogP contribution in [0.2, 0.25) is 0 Å². The first-order chi connectivity index (χ1) is 28.0. The molecular weight excluding hydrogens is 747 g/mol. The molecule has 5 heteroatoms. The maximum atomic E-state index is 15.7. The summed E-state index contributed by atoms with van der Waals surface area (Å²) in [4.78, 5) is 19.6. The van der Waals surface area contributed by atoms with Crippen LogP contribution in [0.15, 0.2) is 67.0 Å². The van der Waals surface area contributed by atoms with E-state index in [1.165, 1.54) is 67.0 Å². The SMILES string of the molecule is CC(C)c1cc(C(C)C)c(-c2cccc(-c3c(C(C)C)cc(C(C)C)cc3C(C)C)c2[Si@H]([O-])Nc2c(C(C)C)cccc2C(C)C)c(C(C)C)c1.Cc1c(C)[n+](C)cn1C. The normalized spacial score (nSPS) is 12.6. The number of rotatable bonds is 13. The monoisotopic (exact) mass is 828 g/mol. The fraction of sp³-hybridized carbons (Fsp3) is 0.509. The fourth-order valence-electron chi connectivity index (χ4n) is 8.68. The van der Waals surface area contributed by atoms with Crippen LogP contribution in [-0.2, 0) is 14.1 Å². The van der Waals surface area contributed by atoms with Gasteiger partial charge >= 0.3 is 0 Å². The third-order valence-corrected chi connectivity index (χ3v) is 14.4. The summed E-state index contributed by atoms with van der Waals surface area (Å²) in [6.07, 6.45) is 2.07. The number of aryl methyl sites for hydroxylation is 2. The first-order valence-corrected chi connectivity index (χ1v) is 24.6. The molecule has 0 fully saturated rings. The number of aromatic nitrogens is 2. The van der Waals surface area contributed by atoms with Gasteiger partial charge in [0.25, 0.3) is 0 Å². The second-order valence-corrected chi connectivity index (χ2v) is 21.6. The number of benzene rings is 4. The zero-order valence-corrected chi connectivity index (χ0v) is 42.5. The zero-order valence-electron chi connectivity index (χ0n) is 41.3. The Morgan fingerprint density at radius 1 is 0.517 bits per heavy atom. The first-order valence-electron chi connectivity index (χ1n) is 23.0. The lowest BCUT2D eigenvalue weighted by Gasteiger charge is -2.35. The minimum atomic E-state index is -3.12. The van der Waals surface area contributed by atoms with Gasteiger partial charge < -0.3 is 9.78 Å². The van der Waals surface area contributed by atoms with E-state index in [-0.39, 0.29) is 0 Å². The molecule has 326 valence electrons. The van der Waals surface area contributed by atoms with Gasteiger partial charge in [0, 0.05) is 19.5 Å². The number of hydrogen-bond acceptors (Lipinski definition) is 2. The molecule has 5 rings (SSSR count). The van der Waals surface area contributed by atoms with Crippen LogP contribution in [-0.4, -0.2) is 13.8 Å². The molecular formula is C55H81N3OSi. The van der Waals surface area contributed by atoms with Crippen LogP contribution in [0.4, 0.5) is 5.69 Å². The Hall–Kier alpha value is -3.93. The van der Waals surface area contributed by atoms with E-state index < -0.39 is 9.20 Å². The lowest BCUT2D eigenvalue weighted by molar-refractivity contribution is -0.677. The Balaban J connectivity index is 0.000000778. The molecule has 4 aromatic carbocycles. The van der Waals surface area contributed by atoms with E-state index in [2.05, 4.69) is 220 Å². The van der Waals surface area contributed by atoms with Crippen molar-refractivity contribution >= 4 is 20.1 Å². The standard InChI is InChI=1S/C48H68NOSi.C7H13N2/c1-27(2)35-23-41(31(9)10)45(42(24-35)32(11)12)39-21-18-22-40(46-43(33(13)14)25-36(28(3)4)26-44(46)34(15)16)48(39)51(50)49-47-37(29(5)6)19-17-20-38(47)30(7)8;1-6-7(2)9(4)5-8(6)3/h17-34,49,51H,1-16H3;5H,1-4H3/q-1;+1/t51-;/m0./s1. The molecule has 0 unspecified atom stereocenters. The summed E-state index contributed by atoms with van der Waals surface area (Å²) in [7, 11) is 1.000. The highest BCUT2D eigenvalue weighted by Crippen LogP contribution is 2.43. The van der Waals surface area contributed by atoms with Gasteiger partial charge in [-0.2, -0.15) is 0 Å². The van der Waals surface area contributed by atoms with Crippen LogP contribution in [0, 0.1) is 13.8 Å². The molecule has 0 saturated heterocycles. The summed E-state index contributed by atoms with van der Waals surface area (Å²) in [5.41, 5.74) is 19.1. The summed E-state index contributed by atoms with van der Waals surface area (Å²) in [6, 6.07) is 23.1. The van der Waals surface area contributed by atoms with Crippen LogP contribution in [0.1, 0.15) is 214 Å². The van der Waals surface area contributed by atoms with Crippen molar-refractivity contribution < 1.29 is 9.36 Å². The minimum Gasteiger partial charge on any atom is -0.842 e. The van der Waals surface area contributed by atoms with Gasteiger partial charge in [-0.05, 0) is 119 Å². The predicted octanol–water partition coefficient (Wildman–Crippen LogP) is 13.4. The van der Waals surface area contributed by atoms with Gasteiger partial charge in [0.1, 0.15) is 11.4 Å². The van der Waals surface area contributed by atoms with Crippen molar-refractivity contribution in [1.82, 2.24) is 4.57 Å². The summed E-state index contributed by atoms with van der Waals surface area (Å²) in [5.74, 6) is 2.69. The van der Waals surface area contributed by atoms with Crippen molar-refractivity contribution in [3.8, 4) is 22.3 Å². The van der Waals surface area contributed by atoms with Gasteiger partial charge in [0.15, 0.2) is 0 Å². The van der Waals surface area contributed by atoms with Crippen LogP contribution in [0.5, 0.6) is 0 Å². The number of imidazole rings is 1. The van der Waals surface area contributed by atoms with E-state index in [0.29, 0.717) is 47.3 Å². The second kappa shape index (κ2) is 20.3. The molecule has 0 radical (unpaired) electrons. The topological polar surface area (TPSA) is 43.9 Å². The maximum absolute atomic E-state index is 15.7. The third-order valence-electron chi connectivity index (χ3n) is 12.7. The van der Waals surface area contributed by atoms with Crippen molar-refractivity contribution in [3.63, 3.8) is 0 Å². The summed E-state index contributed by atoms with van der Waals surface area (Å²) in [5, 5.41) is 0.993. The highest BCUT2D eigenvalue weighted by atomic mass is 28.3. The Kier molecular flexibility index (Phi) is 16.5. The van der Waals surface area contributed by atoms with Crippen molar-refractivity contribution in [2.75, 3.05) is 4.98 Å². The summed E-state index contributed by atoms with van der Waals surface area (Å²) in [6.45, 7) is 40.9.